The summed E-state index contributed by atoms with van der Waals surface area (Å²) in [6.45, 7) is 8.14. The number of fused-ring (bicyclic) bond motifs is 1. The SMILES string of the molecule is COc1cc2c(N3CCC(CO)CC3)cc(-c3ccc(C)o3)nc2cc1OCCCN1CCCC1. The largest absolute Gasteiger partial charge is 0.493 e. The van der Waals surface area contributed by atoms with Crippen LogP contribution < -0.4 is 14.4 Å². The zero-order valence-corrected chi connectivity index (χ0v) is 21.0. The van der Waals surface area contributed by atoms with Crippen molar-refractivity contribution in [3.63, 3.8) is 0 Å². The molecule has 2 fully saturated rings. The van der Waals surface area contributed by atoms with Gasteiger partial charge in [-0.1, -0.05) is 0 Å². The molecule has 0 aliphatic carbocycles. The van der Waals surface area contributed by atoms with Crippen molar-refractivity contribution in [1.29, 1.82) is 0 Å². The highest BCUT2D eigenvalue weighted by molar-refractivity contribution is 5.96. The number of nitrogens with zero attached hydrogens (tertiary/aromatic N) is 3. The van der Waals surface area contributed by atoms with Crippen molar-refractivity contribution >= 4 is 16.6 Å². The smallest absolute Gasteiger partial charge is 0.163 e. The third kappa shape index (κ3) is 5.41. The Morgan fingerprint density at radius 2 is 1.86 bits per heavy atom. The first-order valence-corrected chi connectivity index (χ1v) is 12.9. The van der Waals surface area contributed by atoms with E-state index < -0.39 is 0 Å². The number of aliphatic hydroxyl groups is 1. The predicted molar refractivity (Wildman–Crippen MR) is 139 cm³/mol. The summed E-state index contributed by atoms with van der Waals surface area (Å²) >= 11 is 0. The standard InChI is InChI=1S/C28H37N3O4/c1-20-6-7-26(35-20)24-17-25(31-13-8-21(19-32)9-14-31)22-16-27(33-2)28(18-23(22)29-24)34-15-5-12-30-10-3-4-11-30/h6-7,16-18,21,32H,3-5,8-15,19H2,1-2H3. The molecule has 188 valence electrons. The normalized spacial score (nSPS) is 17.4. The summed E-state index contributed by atoms with van der Waals surface area (Å²) in [7, 11) is 1.69. The van der Waals surface area contributed by atoms with Crippen LogP contribution in [0.1, 0.15) is 37.9 Å². The first-order valence-electron chi connectivity index (χ1n) is 12.9. The van der Waals surface area contributed by atoms with Gasteiger partial charge in [-0.05, 0) is 82.3 Å². The third-order valence-corrected chi connectivity index (χ3v) is 7.35. The number of ether oxygens (including phenoxy) is 2. The number of benzene rings is 1. The number of pyridine rings is 1. The van der Waals surface area contributed by atoms with Crippen molar-refractivity contribution in [2.24, 2.45) is 5.92 Å². The lowest BCUT2D eigenvalue weighted by atomic mass is 9.97. The average molecular weight is 480 g/mol. The molecule has 7 heteroatoms. The van der Waals surface area contributed by atoms with E-state index in [1.807, 2.05) is 25.1 Å². The predicted octanol–water partition coefficient (Wildman–Crippen LogP) is 4.89. The lowest BCUT2D eigenvalue weighted by molar-refractivity contribution is 0.203. The third-order valence-electron chi connectivity index (χ3n) is 7.35. The molecule has 3 aromatic rings. The summed E-state index contributed by atoms with van der Waals surface area (Å²) in [5.74, 6) is 3.46. The highest BCUT2D eigenvalue weighted by atomic mass is 16.5. The number of likely N-dealkylation sites (tertiary alicyclic amines) is 1. The van der Waals surface area contributed by atoms with Gasteiger partial charge in [-0.25, -0.2) is 4.98 Å². The fraction of sp³-hybridized carbons (Fsp3) is 0.536. The lowest BCUT2D eigenvalue weighted by Gasteiger charge is -2.33. The molecule has 1 aromatic carbocycles. The molecule has 5 rings (SSSR count). The molecule has 4 heterocycles. The second-order valence-corrected chi connectivity index (χ2v) is 9.82. The Labute approximate surface area is 207 Å². The van der Waals surface area contributed by atoms with E-state index >= 15 is 0 Å². The molecule has 0 atom stereocenters. The second kappa shape index (κ2) is 10.9. The molecule has 7 nitrogen and oxygen atoms in total. The zero-order valence-electron chi connectivity index (χ0n) is 21.0. The molecule has 2 aliphatic heterocycles. The summed E-state index contributed by atoms with van der Waals surface area (Å²) in [5, 5.41) is 10.6. The van der Waals surface area contributed by atoms with Crippen LogP contribution in [0, 0.1) is 12.8 Å². The van der Waals surface area contributed by atoms with Crippen LogP contribution in [0.5, 0.6) is 11.5 Å². The summed E-state index contributed by atoms with van der Waals surface area (Å²) < 4.78 is 17.9. The molecular formula is C28H37N3O4. The first-order chi connectivity index (χ1) is 17.1. The average Bonchev–Trinajstić information content (AvgIpc) is 3.57. The van der Waals surface area contributed by atoms with Gasteiger partial charge in [0.15, 0.2) is 17.3 Å². The minimum atomic E-state index is 0.258. The fourth-order valence-electron chi connectivity index (χ4n) is 5.28. The maximum atomic E-state index is 9.59. The summed E-state index contributed by atoms with van der Waals surface area (Å²) in [6, 6.07) is 10.1. The topological polar surface area (TPSA) is 71.2 Å². The quantitative estimate of drug-likeness (QED) is 0.438. The van der Waals surface area contributed by atoms with Gasteiger partial charge in [0.25, 0.3) is 0 Å². The Hall–Kier alpha value is -2.77. The minimum absolute atomic E-state index is 0.258. The fourth-order valence-corrected chi connectivity index (χ4v) is 5.28. The molecule has 2 aliphatic rings. The maximum absolute atomic E-state index is 9.59. The van der Waals surface area contributed by atoms with E-state index in [4.69, 9.17) is 18.9 Å². The van der Waals surface area contributed by atoms with Crippen LogP contribution in [-0.2, 0) is 0 Å². The van der Waals surface area contributed by atoms with E-state index in [2.05, 4.69) is 21.9 Å². The zero-order chi connectivity index (χ0) is 24.2. The Morgan fingerprint density at radius 3 is 2.54 bits per heavy atom. The van der Waals surface area contributed by atoms with E-state index in [1.54, 1.807) is 7.11 Å². The van der Waals surface area contributed by atoms with Crippen LogP contribution in [0.3, 0.4) is 0 Å². The van der Waals surface area contributed by atoms with Crippen LogP contribution in [0.25, 0.3) is 22.4 Å². The Morgan fingerprint density at radius 1 is 1.06 bits per heavy atom. The second-order valence-electron chi connectivity index (χ2n) is 9.82. The van der Waals surface area contributed by atoms with Crippen LogP contribution in [0.2, 0.25) is 0 Å². The van der Waals surface area contributed by atoms with Gasteiger partial charge in [-0.3, -0.25) is 0 Å². The molecular weight excluding hydrogens is 442 g/mol. The van der Waals surface area contributed by atoms with E-state index in [0.29, 0.717) is 12.5 Å². The van der Waals surface area contributed by atoms with Crippen LogP contribution >= 0.6 is 0 Å². The maximum Gasteiger partial charge on any atom is 0.163 e. The van der Waals surface area contributed by atoms with Crippen LogP contribution in [0.15, 0.2) is 34.7 Å². The number of aromatic nitrogens is 1. The van der Waals surface area contributed by atoms with Crippen molar-refractivity contribution in [2.75, 3.05) is 57.9 Å². The molecule has 0 amide bonds. The van der Waals surface area contributed by atoms with Gasteiger partial charge in [-0.2, -0.15) is 0 Å². The molecule has 1 N–H and O–H groups in total. The van der Waals surface area contributed by atoms with Crippen molar-refractivity contribution in [3.05, 3.63) is 36.1 Å². The number of hydrogen-bond acceptors (Lipinski definition) is 7. The molecule has 0 bridgehead atoms. The van der Waals surface area contributed by atoms with Gasteiger partial charge in [0.1, 0.15) is 11.5 Å². The van der Waals surface area contributed by atoms with E-state index in [-0.39, 0.29) is 6.61 Å². The number of hydrogen-bond donors (Lipinski definition) is 1. The van der Waals surface area contributed by atoms with Gasteiger partial charge in [-0.15, -0.1) is 0 Å². The number of aliphatic hydroxyl groups excluding tert-OH is 1. The monoisotopic (exact) mass is 479 g/mol. The van der Waals surface area contributed by atoms with Gasteiger partial charge in [0, 0.05) is 43.4 Å². The highest BCUT2D eigenvalue weighted by Gasteiger charge is 2.23. The molecule has 0 saturated carbocycles. The number of anilines is 1. The van der Waals surface area contributed by atoms with Crippen molar-refractivity contribution in [2.45, 2.75) is 39.0 Å². The Bertz CT molecular complexity index is 1130. The van der Waals surface area contributed by atoms with Gasteiger partial charge in [0.05, 0.1) is 19.2 Å². The van der Waals surface area contributed by atoms with Crippen molar-refractivity contribution in [3.8, 4) is 23.0 Å². The molecule has 2 aromatic heterocycles. The summed E-state index contributed by atoms with van der Waals surface area (Å²) in [4.78, 5) is 9.87. The van der Waals surface area contributed by atoms with Gasteiger partial charge >= 0.3 is 0 Å². The van der Waals surface area contributed by atoms with E-state index in [1.165, 1.54) is 25.9 Å². The minimum Gasteiger partial charge on any atom is -0.493 e. The summed E-state index contributed by atoms with van der Waals surface area (Å²) in [6.07, 6.45) is 5.56. The van der Waals surface area contributed by atoms with Crippen molar-refractivity contribution < 1.29 is 19.0 Å². The molecule has 0 spiro atoms. The molecule has 0 unspecified atom stereocenters. The Balaban J connectivity index is 1.45. The van der Waals surface area contributed by atoms with Crippen LogP contribution in [-0.4, -0.2) is 68.0 Å². The van der Waals surface area contributed by atoms with E-state index in [9.17, 15) is 5.11 Å². The van der Waals surface area contributed by atoms with E-state index in [0.717, 1.165) is 84.2 Å². The Kier molecular flexibility index (Phi) is 7.44. The number of rotatable bonds is 9. The molecule has 0 radical (unpaired) electrons. The number of furan rings is 1. The highest BCUT2D eigenvalue weighted by Crippen LogP contribution is 2.39. The van der Waals surface area contributed by atoms with Crippen molar-refractivity contribution in [1.82, 2.24) is 9.88 Å². The van der Waals surface area contributed by atoms with Gasteiger partial charge < -0.3 is 28.8 Å². The van der Waals surface area contributed by atoms with Crippen LogP contribution in [0.4, 0.5) is 5.69 Å². The number of piperidine rings is 1. The molecule has 35 heavy (non-hydrogen) atoms. The number of methoxy groups -OCH3 is 1. The first kappa shape index (κ1) is 23.9. The summed E-state index contributed by atoms with van der Waals surface area (Å²) in [5.41, 5.74) is 2.80. The lowest BCUT2D eigenvalue weighted by Crippen LogP contribution is -2.34. The van der Waals surface area contributed by atoms with Gasteiger partial charge in [0.2, 0.25) is 0 Å². The number of aryl methyl sites for hydroxylation is 1. The molecule has 2 saturated heterocycles.